The largest absolute Gasteiger partial charge is 0.471 e. The number of nitrogens with zero attached hydrogens (tertiary/aromatic N) is 3. The molecule has 8 nitrogen and oxygen atoms in total. The highest BCUT2D eigenvalue weighted by molar-refractivity contribution is 5.99. The smallest absolute Gasteiger partial charge is 0.391 e. The van der Waals surface area contributed by atoms with Crippen molar-refractivity contribution in [2.75, 3.05) is 11.9 Å². The van der Waals surface area contributed by atoms with E-state index in [4.69, 9.17) is 4.74 Å². The molecule has 0 bridgehead atoms. The van der Waals surface area contributed by atoms with Crippen molar-refractivity contribution in [2.24, 2.45) is 5.92 Å². The van der Waals surface area contributed by atoms with Crippen LogP contribution in [0.4, 0.5) is 33.6 Å². The Morgan fingerprint density at radius 1 is 1.19 bits per heavy atom. The monoisotopic (exact) mass is 512 g/mol. The van der Waals surface area contributed by atoms with Gasteiger partial charge in [0.25, 0.3) is 12.3 Å². The van der Waals surface area contributed by atoms with Crippen molar-refractivity contribution in [1.29, 1.82) is 0 Å². The van der Waals surface area contributed by atoms with E-state index in [0.717, 1.165) is 16.9 Å². The average Bonchev–Trinajstić information content (AvgIpc) is 3.20. The summed E-state index contributed by atoms with van der Waals surface area (Å²) < 4.78 is 69.5. The van der Waals surface area contributed by atoms with Gasteiger partial charge in [0.05, 0.1) is 17.3 Å². The normalized spacial score (nSPS) is 18.4. The second-order valence-electron chi connectivity index (χ2n) is 8.77. The lowest BCUT2D eigenvalue weighted by Gasteiger charge is -2.30. The SMILES string of the molecule is Cc1ccnc(C)c1Nc1nc2cc(C(=O)NC3CCC(C(F)(F)F)CC3)c(OCC(F)F)nc2[nH]1. The quantitative estimate of drug-likeness (QED) is 0.376. The Kier molecular flexibility index (Phi) is 7.27. The van der Waals surface area contributed by atoms with Crippen molar-refractivity contribution in [1.82, 2.24) is 25.3 Å². The number of halogens is 5. The van der Waals surface area contributed by atoms with Crippen molar-refractivity contribution < 1.29 is 31.5 Å². The summed E-state index contributed by atoms with van der Waals surface area (Å²) in [7, 11) is 0. The number of alkyl halides is 5. The number of H-pyrrole nitrogens is 1. The number of imidazole rings is 1. The average molecular weight is 512 g/mol. The topological polar surface area (TPSA) is 105 Å². The molecule has 0 spiro atoms. The molecule has 1 aliphatic rings. The molecule has 1 saturated carbocycles. The van der Waals surface area contributed by atoms with Crippen molar-refractivity contribution in [3.63, 3.8) is 0 Å². The van der Waals surface area contributed by atoms with E-state index in [9.17, 15) is 26.7 Å². The molecule has 3 N–H and O–H groups in total. The number of aryl methyl sites for hydroxylation is 2. The van der Waals surface area contributed by atoms with Crippen molar-refractivity contribution in [3.05, 3.63) is 35.2 Å². The fraction of sp³-hybridized carbons (Fsp3) is 0.478. The van der Waals surface area contributed by atoms with Crippen LogP contribution in [-0.2, 0) is 0 Å². The molecule has 1 fully saturated rings. The van der Waals surface area contributed by atoms with E-state index in [-0.39, 0.29) is 48.3 Å². The van der Waals surface area contributed by atoms with Crippen LogP contribution in [0.1, 0.15) is 47.3 Å². The molecule has 3 aromatic rings. The summed E-state index contributed by atoms with van der Waals surface area (Å²) in [6, 6.07) is 2.68. The first-order valence-corrected chi connectivity index (χ1v) is 11.4. The molecule has 194 valence electrons. The number of anilines is 2. The standard InChI is InChI=1S/C23H25F5N6O2/c1-11-7-8-29-12(2)18(11)32-22-31-16-9-15(21(33-19(16)34-22)36-10-17(24)25)20(35)30-14-5-3-13(4-6-14)23(26,27)28/h7-9,13-14,17H,3-6,10H2,1-2H3,(H,30,35)(H2,31,32,33,34). The number of pyridine rings is 2. The number of rotatable bonds is 7. The number of hydrogen-bond acceptors (Lipinski definition) is 6. The van der Waals surface area contributed by atoms with Gasteiger partial charge in [0, 0.05) is 12.2 Å². The lowest BCUT2D eigenvalue weighted by Crippen LogP contribution is -2.40. The molecule has 0 atom stereocenters. The number of aromatic amines is 1. The minimum atomic E-state index is -4.27. The van der Waals surface area contributed by atoms with Crippen LogP contribution in [-0.4, -0.2) is 51.1 Å². The molecule has 4 rings (SSSR count). The Balaban J connectivity index is 1.57. The van der Waals surface area contributed by atoms with Gasteiger partial charge < -0.3 is 20.4 Å². The van der Waals surface area contributed by atoms with E-state index in [0.29, 0.717) is 5.95 Å². The summed E-state index contributed by atoms with van der Waals surface area (Å²) >= 11 is 0. The Morgan fingerprint density at radius 3 is 2.56 bits per heavy atom. The second-order valence-corrected chi connectivity index (χ2v) is 8.77. The highest BCUT2D eigenvalue weighted by Gasteiger charge is 2.41. The van der Waals surface area contributed by atoms with Crippen LogP contribution < -0.4 is 15.4 Å². The van der Waals surface area contributed by atoms with E-state index in [1.54, 1.807) is 6.20 Å². The van der Waals surface area contributed by atoms with Crippen molar-refractivity contribution in [2.45, 2.75) is 58.2 Å². The Labute approximate surface area is 203 Å². The van der Waals surface area contributed by atoms with Gasteiger partial charge in [0.2, 0.25) is 11.8 Å². The molecule has 0 radical (unpaired) electrons. The molecule has 0 unspecified atom stereocenters. The first-order valence-electron chi connectivity index (χ1n) is 11.4. The highest BCUT2D eigenvalue weighted by Crippen LogP contribution is 2.37. The van der Waals surface area contributed by atoms with Gasteiger partial charge in [-0.15, -0.1) is 0 Å². The van der Waals surface area contributed by atoms with Crippen LogP contribution in [0.25, 0.3) is 11.2 Å². The Bertz CT molecular complexity index is 1220. The van der Waals surface area contributed by atoms with Crippen molar-refractivity contribution in [3.8, 4) is 5.88 Å². The number of aromatic nitrogens is 4. The molecule has 3 aromatic heterocycles. The van der Waals surface area contributed by atoms with E-state index < -0.39 is 37.1 Å². The lowest BCUT2D eigenvalue weighted by atomic mass is 9.85. The number of fused-ring (bicyclic) bond motifs is 1. The number of ether oxygens (including phenoxy) is 1. The first-order chi connectivity index (χ1) is 17.0. The van der Waals surface area contributed by atoms with Gasteiger partial charge in [-0.05, 0) is 57.2 Å². The Hall–Kier alpha value is -3.51. The molecule has 36 heavy (non-hydrogen) atoms. The zero-order valence-corrected chi connectivity index (χ0v) is 19.5. The highest BCUT2D eigenvalue weighted by atomic mass is 19.4. The summed E-state index contributed by atoms with van der Waals surface area (Å²) in [6.07, 6.45) is -5.28. The van der Waals surface area contributed by atoms with Gasteiger partial charge in [-0.1, -0.05) is 0 Å². The van der Waals surface area contributed by atoms with Gasteiger partial charge in [0.1, 0.15) is 11.1 Å². The number of amides is 1. The third kappa shape index (κ3) is 5.82. The molecule has 1 amide bonds. The van der Waals surface area contributed by atoms with E-state index in [2.05, 4.69) is 30.6 Å². The molecule has 0 saturated heterocycles. The van der Waals surface area contributed by atoms with Crippen molar-refractivity contribution >= 4 is 28.7 Å². The summed E-state index contributed by atoms with van der Waals surface area (Å²) in [5, 5.41) is 5.79. The maximum Gasteiger partial charge on any atom is 0.391 e. The summed E-state index contributed by atoms with van der Waals surface area (Å²) in [6.45, 7) is 2.72. The minimum Gasteiger partial charge on any atom is -0.471 e. The van der Waals surface area contributed by atoms with Crippen LogP contribution >= 0.6 is 0 Å². The molecule has 1 aliphatic carbocycles. The predicted octanol–water partition coefficient (Wildman–Crippen LogP) is 5.21. The summed E-state index contributed by atoms with van der Waals surface area (Å²) in [4.78, 5) is 28.7. The third-order valence-corrected chi connectivity index (χ3v) is 6.14. The maximum atomic E-state index is 13.0. The van der Waals surface area contributed by atoms with Gasteiger partial charge in [-0.2, -0.15) is 18.2 Å². The minimum absolute atomic E-state index is 0.0952. The zero-order chi connectivity index (χ0) is 26.0. The summed E-state index contributed by atoms with van der Waals surface area (Å²) in [5.41, 5.74) is 2.70. The number of nitrogens with one attached hydrogen (secondary N) is 3. The lowest BCUT2D eigenvalue weighted by molar-refractivity contribution is -0.182. The van der Waals surface area contributed by atoms with E-state index in [1.807, 2.05) is 19.9 Å². The van der Waals surface area contributed by atoms with Crippen LogP contribution in [0, 0.1) is 19.8 Å². The maximum absolute atomic E-state index is 13.0. The second kappa shape index (κ2) is 10.2. The predicted molar refractivity (Wildman–Crippen MR) is 122 cm³/mol. The molecular weight excluding hydrogens is 487 g/mol. The number of carbonyl (C=O) groups excluding carboxylic acids is 1. The fourth-order valence-corrected chi connectivity index (χ4v) is 4.23. The van der Waals surface area contributed by atoms with Crippen LogP contribution in [0.2, 0.25) is 0 Å². The van der Waals surface area contributed by atoms with Crippen LogP contribution in [0.5, 0.6) is 5.88 Å². The number of carbonyl (C=O) groups is 1. The zero-order valence-electron chi connectivity index (χ0n) is 19.5. The van der Waals surface area contributed by atoms with Gasteiger partial charge in [-0.25, -0.2) is 13.8 Å². The van der Waals surface area contributed by atoms with E-state index in [1.165, 1.54) is 6.07 Å². The molecule has 3 heterocycles. The van der Waals surface area contributed by atoms with Crippen LogP contribution in [0.3, 0.4) is 0 Å². The first kappa shape index (κ1) is 25.6. The third-order valence-electron chi connectivity index (χ3n) is 6.14. The van der Waals surface area contributed by atoms with Gasteiger partial charge >= 0.3 is 6.18 Å². The van der Waals surface area contributed by atoms with Gasteiger partial charge in [-0.3, -0.25) is 9.78 Å². The molecular formula is C23H25F5N6O2. The van der Waals surface area contributed by atoms with Crippen LogP contribution in [0.15, 0.2) is 18.3 Å². The van der Waals surface area contributed by atoms with E-state index >= 15 is 0 Å². The molecule has 0 aliphatic heterocycles. The molecule has 13 heteroatoms. The summed E-state index contributed by atoms with van der Waals surface area (Å²) in [5.74, 6) is -2.11. The Morgan fingerprint density at radius 2 is 1.92 bits per heavy atom. The number of hydrogen-bond donors (Lipinski definition) is 3. The fourth-order valence-electron chi connectivity index (χ4n) is 4.23. The molecule has 0 aromatic carbocycles. The van der Waals surface area contributed by atoms with Gasteiger partial charge in [0.15, 0.2) is 12.3 Å².